The molecule has 0 saturated carbocycles. The van der Waals surface area contributed by atoms with E-state index in [0.717, 1.165) is 50.1 Å². The molecule has 0 unspecified atom stereocenters. The number of thiophene rings is 1. The Morgan fingerprint density at radius 1 is 0.388 bits per heavy atom. The van der Waals surface area contributed by atoms with Crippen LogP contribution in [0.4, 0.5) is 17.1 Å². The van der Waals surface area contributed by atoms with E-state index in [-0.39, 0.29) is 0 Å². The van der Waals surface area contributed by atoms with Crippen molar-refractivity contribution in [2.75, 3.05) is 4.90 Å². The van der Waals surface area contributed by atoms with Crippen LogP contribution in [0, 0.1) is 0 Å². The summed E-state index contributed by atoms with van der Waals surface area (Å²) in [6, 6.07) is 63.4. The molecular formula is C46H29NOS. The normalized spacial score (nSPS) is 11.7. The molecule has 49 heavy (non-hydrogen) atoms. The van der Waals surface area contributed by atoms with E-state index in [2.05, 4.69) is 169 Å². The molecule has 0 aliphatic carbocycles. The van der Waals surface area contributed by atoms with Crippen molar-refractivity contribution in [2.24, 2.45) is 0 Å². The van der Waals surface area contributed by atoms with Gasteiger partial charge in [0.25, 0.3) is 0 Å². The van der Waals surface area contributed by atoms with Crippen molar-refractivity contribution >= 4 is 81.3 Å². The van der Waals surface area contributed by atoms with Gasteiger partial charge in [0.05, 0.1) is 5.69 Å². The number of anilines is 3. The second-order valence-corrected chi connectivity index (χ2v) is 13.6. The van der Waals surface area contributed by atoms with Crippen LogP contribution in [0.2, 0.25) is 0 Å². The molecule has 0 amide bonds. The number of fused-ring (bicyclic) bond motifs is 7. The van der Waals surface area contributed by atoms with Crippen molar-refractivity contribution < 1.29 is 4.42 Å². The van der Waals surface area contributed by atoms with Gasteiger partial charge in [0.15, 0.2) is 0 Å². The summed E-state index contributed by atoms with van der Waals surface area (Å²) < 4.78 is 9.01. The van der Waals surface area contributed by atoms with Gasteiger partial charge < -0.3 is 9.32 Å². The first-order valence-electron chi connectivity index (χ1n) is 16.6. The lowest BCUT2D eigenvalue weighted by Crippen LogP contribution is -2.11. The van der Waals surface area contributed by atoms with Crippen LogP contribution in [0.15, 0.2) is 180 Å². The van der Waals surface area contributed by atoms with Crippen molar-refractivity contribution in [2.45, 2.75) is 0 Å². The zero-order chi connectivity index (χ0) is 32.3. The van der Waals surface area contributed by atoms with E-state index in [1.165, 1.54) is 42.1 Å². The van der Waals surface area contributed by atoms with Gasteiger partial charge in [-0.05, 0) is 76.0 Å². The maximum atomic E-state index is 6.45. The minimum atomic E-state index is 0.874. The van der Waals surface area contributed by atoms with Crippen LogP contribution in [0.25, 0.3) is 75.1 Å². The van der Waals surface area contributed by atoms with Crippen LogP contribution in [-0.2, 0) is 0 Å². The molecule has 2 nitrogen and oxygen atoms in total. The minimum Gasteiger partial charge on any atom is -0.456 e. The fourth-order valence-electron chi connectivity index (χ4n) is 7.26. The van der Waals surface area contributed by atoms with Crippen LogP contribution >= 0.6 is 11.3 Å². The smallest absolute Gasteiger partial charge is 0.137 e. The summed E-state index contributed by atoms with van der Waals surface area (Å²) in [7, 11) is 0. The molecule has 2 aromatic heterocycles. The fraction of sp³-hybridized carbons (Fsp3) is 0. The molecule has 0 radical (unpaired) electrons. The Kier molecular flexibility index (Phi) is 6.39. The highest BCUT2D eigenvalue weighted by molar-refractivity contribution is 7.25. The largest absolute Gasteiger partial charge is 0.456 e. The highest BCUT2D eigenvalue weighted by Crippen LogP contribution is 2.46. The Morgan fingerprint density at radius 2 is 1.04 bits per heavy atom. The summed E-state index contributed by atoms with van der Waals surface area (Å²) in [4.78, 5) is 2.41. The van der Waals surface area contributed by atoms with E-state index < -0.39 is 0 Å². The summed E-state index contributed by atoms with van der Waals surface area (Å²) in [5, 5.41) is 7.30. The predicted molar refractivity (Wildman–Crippen MR) is 210 cm³/mol. The van der Waals surface area contributed by atoms with E-state index in [9.17, 15) is 0 Å². The first-order chi connectivity index (χ1) is 24.3. The predicted octanol–water partition coefficient (Wildman–Crippen LogP) is 13.9. The van der Waals surface area contributed by atoms with Crippen molar-refractivity contribution in [1.29, 1.82) is 0 Å². The number of rotatable bonds is 5. The van der Waals surface area contributed by atoms with Crippen LogP contribution in [0.3, 0.4) is 0 Å². The number of hydrogen-bond donors (Lipinski definition) is 0. The van der Waals surface area contributed by atoms with Gasteiger partial charge in [0.1, 0.15) is 11.2 Å². The second-order valence-electron chi connectivity index (χ2n) is 12.6. The van der Waals surface area contributed by atoms with Crippen LogP contribution < -0.4 is 4.90 Å². The van der Waals surface area contributed by atoms with Gasteiger partial charge in [-0.2, -0.15) is 0 Å². The maximum absolute atomic E-state index is 6.45. The van der Waals surface area contributed by atoms with Crippen molar-refractivity contribution in [3.63, 3.8) is 0 Å². The summed E-state index contributed by atoms with van der Waals surface area (Å²) in [5.41, 5.74) is 9.70. The Bertz CT molecular complexity index is 2730. The van der Waals surface area contributed by atoms with Gasteiger partial charge in [-0.1, -0.05) is 121 Å². The van der Waals surface area contributed by atoms with Gasteiger partial charge in [0, 0.05) is 53.9 Å². The third-order valence-electron chi connectivity index (χ3n) is 9.65. The fourth-order valence-corrected chi connectivity index (χ4v) is 8.40. The molecule has 0 bridgehead atoms. The van der Waals surface area contributed by atoms with E-state index in [1.807, 2.05) is 23.5 Å². The molecule has 0 spiro atoms. The molecule has 230 valence electrons. The molecule has 0 aliphatic heterocycles. The van der Waals surface area contributed by atoms with Crippen molar-refractivity contribution in [3.05, 3.63) is 176 Å². The van der Waals surface area contributed by atoms with Crippen molar-refractivity contribution in [1.82, 2.24) is 0 Å². The number of hydrogen-bond acceptors (Lipinski definition) is 3. The average molecular weight is 644 g/mol. The molecule has 8 aromatic carbocycles. The van der Waals surface area contributed by atoms with Gasteiger partial charge >= 0.3 is 0 Å². The third kappa shape index (κ3) is 4.70. The maximum Gasteiger partial charge on any atom is 0.137 e. The summed E-state index contributed by atoms with van der Waals surface area (Å²) >= 11 is 1.85. The standard InChI is InChI=1S/C46H29NOS/c1-2-11-31(12-3-1)37-23-20-34(33-19-18-30-10-4-5-13-32(30)26-33)27-42(37)47(35-21-24-39-38-14-6-8-16-43(38)48-44(39)28-35)36-22-25-41-40-15-7-9-17-45(40)49-46(41)29-36/h1-29H. The molecular weight excluding hydrogens is 615 g/mol. The van der Waals surface area contributed by atoms with E-state index >= 15 is 0 Å². The molecule has 0 aliphatic rings. The third-order valence-corrected chi connectivity index (χ3v) is 10.8. The molecule has 0 saturated heterocycles. The second kappa shape index (κ2) is 11.2. The molecule has 0 atom stereocenters. The molecule has 10 aromatic rings. The Balaban J connectivity index is 1.24. The van der Waals surface area contributed by atoms with Gasteiger partial charge in [-0.25, -0.2) is 0 Å². The van der Waals surface area contributed by atoms with Crippen LogP contribution in [-0.4, -0.2) is 0 Å². The van der Waals surface area contributed by atoms with E-state index in [4.69, 9.17) is 4.42 Å². The number of furan rings is 1. The monoisotopic (exact) mass is 643 g/mol. The van der Waals surface area contributed by atoms with Crippen molar-refractivity contribution in [3.8, 4) is 22.3 Å². The highest BCUT2D eigenvalue weighted by atomic mass is 32.1. The number of para-hydroxylation sites is 1. The Morgan fingerprint density at radius 3 is 1.94 bits per heavy atom. The SMILES string of the molecule is c1ccc(-c2ccc(-c3ccc4ccccc4c3)cc2N(c2ccc3c(c2)oc2ccccc23)c2ccc3c(c2)sc2ccccc23)cc1. The average Bonchev–Trinajstić information content (AvgIpc) is 3.73. The zero-order valence-corrected chi connectivity index (χ0v) is 27.3. The van der Waals surface area contributed by atoms with Crippen LogP contribution in [0.5, 0.6) is 0 Å². The van der Waals surface area contributed by atoms with Gasteiger partial charge in [0.2, 0.25) is 0 Å². The number of benzene rings is 8. The summed E-state index contributed by atoms with van der Waals surface area (Å²) in [6.45, 7) is 0. The lowest BCUT2D eigenvalue weighted by atomic mass is 9.95. The first kappa shape index (κ1) is 27.9. The van der Waals surface area contributed by atoms with Gasteiger partial charge in [-0.15, -0.1) is 11.3 Å². The summed E-state index contributed by atoms with van der Waals surface area (Å²) in [5.74, 6) is 0. The number of nitrogens with zero attached hydrogens (tertiary/aromatic N) is 1. The topological polar surface area (TPSA) is 16.4 Å². The first-order valence-corrected chi connectivity index (χ1v) is 17.4. The van der Waals surface area contributed by atoms with Crippen LogP contribution in [0.1, 0.15) is 0 Å². The summed E-state index contributed by atoms with van der Waals surface area (Å²) in [6.07, 6.45) is 0. The molecule has 0 fully saturated rings. The zero-order valence-electron chi connectivity index (χ0n) is 26.5. The van der Waals surface area contributed by atoms with E-state index in [1.54, 1.807) is 0 Å². The molecule has 10 rings (SSSR count). The highest BCUT2D eigenvalue weighted by Gasteiger charge is 2.21. The lowest BCUT2D eigenvalue weighted by molar-refractivity contribution is 0.669. The van der Waals surface area contributed by atoms with Gasteiger partial charge in [-0.3, -0.25) is 0 Å². The quantitative estimate of drug-likeness (QED) is 0.186. The van der Waals surface area contributed by atoms with E-state index in [0.29, 0.717) is 0 Å². The molecule has 0 N–H and O–H groups in total. The Hall–Kier alpha value is -6.16. The minimum absolute atomic E-state index is 0.874. The molecule has 3 heteroatoms. The Labute approximate surface area is 287 Å². The molecule has 2 heterocycles. The lowest BCUT2D eigenvalue weighted by Gasteiger charge is -2.28.